The van der Waals surface area contributed by atoms with Gasteiger partial charge in [-0.05, 0) is 25.5 Å². The highest BCUT2D eigenvalue weighted by atomic mass is 16.5. The van der Waals surface area contributed by atoms with Crippen LogP contribution in [-0.2, 0) is 25.5 Å². The molecular formula is C18H23N3O4. The minimum atomic E-state index is -0.785. The number of hydrogen-bond donors (Lipinski definition) is 3. The average Bonchev–Trinajstić information content (AvgIpc) is 2.97. The molecule has 0 aliphatic rings. The van der Waals surface area contributed by atoms with Crippen LogP contribution in [0.2, 0.25) is 0 Å². The monoisotopic (exact) mass is 345 g/mol. The van der Waals surface area contributed by atoms with E-state index in [-0.39, 0.29) is 12.5 Å². The summed E-state index contributed by atoms with van der Waals surface area (Å²) in [4.78, 5) is 38.8. The van der Waals surface area contributed by atoms with Crippen molar-refractivity contribution >= 4 is 28.7 Å². The number of aromatic amines is 1. The van der Waals surface area contributed by atoms with E-state index >= 15 is 0 Å². The Morgan fingerprint density at radius 2 is 1.92 bits per heavy atom. The van der Waals surface area contributed by atoms with Crippen molar-refractivity contribution in [2.75, 3.05) is 6.61 Å². The number of carbonyl (C=O) groups excluding carboxylic acids is 3. The van der Waals surface area contributed by atoms with Crippen LogP contribution >= 0.6 is 0 Å². The van der Waals surface area contributed by atoms with E-state index in [1.54, 1.807) is 13.8 Å². The summed E-state index contributed by atoms with van der Waals surface area (Å²) >= 11 is 0. The van der Waals surface area contributed by atoms with Crippen molar-refractivity contribution in [1.29, 1.82) is 0 Å². The molecule has 2 rings (SSSR count). The number of aromatic nitrogens is 1. The maximum Gasteiger partial charge on any atom is 0.328 e. The van der Waals surface area contributed by atoms with Crippen LogP contribution < -0.4 is 10.6 Å². The largest absolute Gasteiger partial charge is 0.464 e. The number of ether oxygens (including phenoxy) is 1. The molecule has 3 N–H and O–H groups in total. The third kappa shape index (κ3) is 4.82. The minimum absolute atomic E-state index is 0.240. The molecule has 0 saturated heterocycles. The zero-order valence-corrected chi connectivity index (χ0v) is 14.6. The highest BCUT2D eigenvalue weighted by Gasteiger charge is 2.25. The summed E-state index contributed by atoms with van der Waals surface area (Å²) in [5.74, 6) is -1.26. The summed E-state index contributed by atoms with van der Waals surface area (Å²) < 4.78 is 4.88. The Labute approximate surface area is 146 Å². The highest BCUT2D eigenvalue weighted by Crippen LogP contribution is 2.19. The number of para-hydroxylation sites is 1. The predicted octanol–water partition coefficient (Wildman–Crippen LogP) is 1.28. The molecule has 0 radical (unpaired) electrons. The van der Waals surface area contributed by atoms with Crippen LogP contribution in [0.15, 0.2) is 30.5 Å². The fraction of sp³-hybridized carbons (Fsp3) is 0.389. The van der Waals surface area contributed by atoms with Gasteiger partial charge in [0.15, 0.2) is 0 Å². The van der Waals surface area contributed by atoms with Crippen LogP contribution in [0.5, 0.6) is 0 Å². The van der Waals surface area contributed by atoms with Crippen molar-refractivity contribution in [1.82, 2.24) is 15.6 Å². The first kappa shape index (κ1) is 18.5. The number of esters is 1. The number of benzene rings is 1. The number of rotatable bonds is 7. The molecule has 134 valence electrons. The van der Waals surface area contributed by atoms with Crippen LogP contribution in [0.3, 0.4) is 0 Å². The molecule has 0 bridgehead atoms. The van der Waals surface area contributed by atoms with E-state index in [0.29, 0.717) is 6.42 Å². The number of hydrogen-bond acceptors (Lipinski definition) is 4. The lowest BCUT2D eigenvalue weighted by Crippen LogP contribution is -2.51. The van der Waals surface area contributed by atoms with E-state index in [2.05, 4.69) is 15.6 Å². The van der Waals surface area contributed by atoms with E-state index in [4.69, 9.17) is 4.74 Å². The van der Waals surface area contributed by atoms with Crippen molar-refractivity contribution in [3.8, 4) is 0 Å². The number of carbonyl (C=O) groups is 3. The molecule has 1 aromatic heterocycles. The van der Waals surface area contributed by atoms with Gasteiger partial charge in [0, 0.05) is 30.4 Å². The van der Waals surface area contributed by atoms with Crippen LogP contribution in [0.1, 0.15) is 26.3 Å². The molecule has 0 fully saturated rings. The maximum absolute atomic E-state index is 12.5. The fourth-order valence-electron chi connectivity index (χ4n) is 2.62. The van der Waals surface area contributed by atoms with Gasteiger partial charge in [-0.25, -0.2) is 4.79 Å². The standard InChI is InChI=1S/C18H23N3O4/c1-4-25-18(24)11(2)20-17(23)16(21-12(3)22)9-13-10-19-15-8-6-5-7-14(13)15/h5-8,10-11,16,19H,4,9H2,1-3H3,(H,20,23)(H,21,22). The normalized spacial score (nSPS) is 13.1. The van der Waals surface area contributed by atoms with Gasteiger partial charge in [0.05, 0.1) is 6.61 Å². The molecule has 0 saturated carbocycles. The highest BCUT2D eigenvalue weighted by molar-refractivity contribution is 5.91. The van der Waals surface area contributed by atoms with Crippen LogP contribution in [-0.4, -0.2) is 41.5 Å². The Hall–Kier alpha value is -2.83. The van der Waals surface area contributed by atoms with Gasteiger partial charge in [0.25, 0.3) is 0 Å². The molecule has 0 aliphatic heterocycles. The van der Waals surface area contributed by atoms with Gasteiger partial charge in [-0.3, -0.25) is 9.59 Å². The fourth-order valence-corrected chi connectivity index (χ4v) is 2.62. The summed E-state index contributed by atoms with van der Waals surface area (Å²) in [5, 5.41) is 6.22. The molecule has 7 nitrogen and oxygen atoms in total. The summed E-state index contributed by atoms with van der Waals surface area (Å²) in [6.07, 6.45) is 2.13. The van der Waals surface area contributed by atoms with Crippen LogP contribution in [0, 0.1) is 0 Å². The molecule has 25 heavy (non-hydrogen) atoms. The molecule has 0 spiro atoms. The number of amides is 2. The second kappa shape index (κ2) is 8.32. The molecule has 2 amide bonds. The lowest BCUT2D eigenvalue weighted by atomic mass is 10.0. The Kier molecular flexibility index (Phi) is 6.16. The maximum atomic E-state index is 12.5. The zero-order valence-electron chi connectivity index (χ0n) is 14.6. The Balaban J connectivity index is 2.14. The molecule has 2 unspecified atom stereocenters. The number of fused-ring (bicyclic) bond motifs is 1. The quantitative estimate of drug-likeness (QED) is 0.658. The van der Waals surface area contributed by atoms with Gasteiger partial charge < -0.3 is 20.4 Å². The number of H-pyrrole nitrogens is 1. The first-order valence-electron chi connectivity index (χ1n) is 8.21. The summed E-state index contributed by atoms with van der Waals surface area (Å²) in [7, 11) is 0. The van der Waals surface area contributed by atoms with Gasteiger partial charge in [0.1, 0.15) is 12.1 Å². The average molecular weight is 345 g/mol. The van der Waals surface area contributed by atoms with E-state index in [1.807, 2.05) is 30.5 Å². The summed E-state index contributed by atoms with van der Waals surface area (Å²) in [6.45, 7) is 4.84. The Morgan fingerprint density at radius 3 is 2.60 bits per heavy atom. The zero-order chi connectivity index (χ0) is 18.4. The summed E-state index contributed by atoms with van der Waals surface area (Å²) in [6, 6.07) is 6.15. The molecule has 1 aromatic carbocycles. The second-order valence-electron chi connectivity index (χ2n) is 5.80. The third-order valence-corrected chi connectivity index (χ3v) is 3.79. The molecule has 1 heterocycles. The molecular weight excluding hydrogens is 322 g/mol. The second-order valence-corrected chi connectivity index (χ2v) is 5.80. The van der Waals surface area contributed by atoms with Gasteiger partial charge in [-0.2, -0.15) is 0 Å². The molecule has 7 heteroatoms. The van der Waals surface area contributed by atoms with Gasteiger partial charge >= 0.3 is 5.97 Å². The van der Waals surface area contributed by atoms with Crippen molar-refractivity contribution in [2.24, 2.45) is 0 Å². The van der Waals surface area contributed by atoms with Gasteiger partial charge in [-0.15, -0.1) is 0 Å². The molecule has 0 aliphatic carbocycles. The Morgan fingerprint density at radius 1 is 1.20 bits per heavy atom. The van der Waals surface area contributed by atoms with Crippen molar-refractivity contribution in [2.45, 2.75) is 39.3 Å². The van der Waals surface area contributed by atoms with Crippen molar-refractivity contribution in [3.05, 3.63) is 36.0 Å². The Bertz CT molecular complexity index is 769. The van der Waals surface area contributed by atoms with Gasteiger partial charge in [0.2, 0.25) is 11.8 Å². The third-order valence-electron chi connectivity index (χ3n) is 3.79. The van der Waals surface area contributed by atoms with E-state index in [0.717, 1.165) is 16.5 Å². The predicted molar refractivity (Wildman–Crippen MR) is 93.8 cm³/mol. The lowest BCUT2D eigenvalue weighted by molar-refractivity contribution is -0.147. The van der Waals surface area contributed by atoms with E-state index in [1.165, 1.54) is 6.92 Å². The van der Waals surface area contributed by atoms with E-state index in [9.17, 15) is 14.4 Å². The smallest absolute Gasteiger partial charge is 0.328 e. The first-order valence-corrected chi connectivity index (χ1v) is 8.21. The topological polar surface area (TPSA) is 100 Å². The van der Waals surface area contributed by atoms with E-state index < -0.39 is 24.0 Å². The SMILES string of the molecule is CCOC(=O)C(C)NC(=O)C(Cc1c[nH]c2ccccc12)NC(C)=O. The minimum Gasteiger partial charge on any atom is -0.464 e. The first-order chi connectivity index (χ1) is 11.9. The summed E-state index contributed by atoms with van der Waals surface area (Å²) in [5.41, 5.74) is 1.87. The van der Waals surface area contributed by atoms with Crippen LogP contribution in [0.4, 0.5) is 0 Å². The van der Waals surface area contributed by atoms with Crippen molar-refractivity contribution < 1.29 is 19.1 Å². The van der Waals surface area contributed by atoms with Crippen LogP contribution in [0.25, 0.3) is 10.9 Å². The van der Waals surface area contributed by atoms with Gasteiger partial charge in [-0.1, -0.05) is 18.2 Å². The lowest BCUT2D eigenvalue weighted by Gasteiger charge is -2.20. The molecule has 2 atom stereocenters. The van der Waals surface area contributed by atoms with Crippen molar-refractivity contribution in [3.63, 3.8) is 0 Å². The molecule has 2 aromatic rings. The number of nitrogens with one attached hydrogen (secondary N) is 3.